The maximum absolute atomic E-state index is 12.0. The number of nitrogen functional groups attached to an aromatic ring is 1. The summed E-state index contributed by atoms with van der Waals surface area (Å²) in [6, 6.07) is 6.97. The number of anilines is 2. The first kappa shape index (κ1) is 13.0. The van der Waals surface area contributed by atoms with E-state index in [4.69, 9.17) is 5.73 Å². The molecule has 1 aromatic heterocycles. The number of carbonyl (C=O) groups excluding carboxylic acids is 2. The molecule has 2 amide bonds. The molecule has 1 aromatic carbocycles. The number of hydrogen-bond acceptors (Lipinski definition) is 6. The molecular formula is C12H13N7O2. The molecule has 1 aliphatic heterocycles. The fraction of sp³-hybridized carbons (Fsp3) is 0.250. The predicted molar refractivity (Wildman–Crippen MR) is 72.8 cm³/mol. The lowest BCUT2D eigenvalue weighted by atomic mass is 9.97. The zero-order valence-electron chi connectivity index (χ0n) is 11.0. The van der Waals surface area contributed by atoms with Gasteiger partial charge in [0, 0.05) is 5.69 Å². The van der Waals surface area contributed by atoms with Gasteiger partial charge in [0.1, 0.15) is 6.54 Å². The van der Waals surface area contributed by atoms with Crippen LogP contribution in [0.1, 0.15) is 18.0 Å². The van der Waals surface area contributed by atoms with Gasteiger partial charge in [0.05, 0.1) is 12.5 Å². The summed E-state index contributed by atoms with van der Waals surface area (Å²) in [6.45, 7) is -0.0981. The van der Waals surface area contributed by atoms with Gasteiger partial charge in [-0.05, 0) is 22.1 Å². The zero-order chi connectivity index (χ0) is 14.8. The molecule has 9 nitrogen and oxygen atoms in total. The first-order valence-electron chi connectivity index (χ1n) is 6.33. The van der Waals surface area contributed by atoms with Crippen LogP contribution >= 0.6 is 0 Å². The third-order valence-corrected chi connectivity index (χ3v) is 3.19. The fourth-order valence-corrected chi connectivity index (χ4v) is 2.24. The van der Waals surface area contributed by atoms with Crippen LogP contribution in [0.15, 0.2) is 24.3 Å². The van der Waals surface area contributed by atoms with Crippen LogP contribution in [0.3, 0.4) is 0 Å². The van der Waals surface area contributed by atoms with Crippen LogP contribution in [0.4, 0.5) is 11.6 Å². The van der Waals surface area contributed by atoms with Gasteiger partial charge in [0.2, 0.25) is 17.8 Å². The van der Waals surface area contributed by atoms with Gasteiger partial charge in [-0.3, -0.25) is 9.59 Å². The summed E-state index contributed by atoms with van der Waals surface area (Å²) in [5, 5.41) is 16.0. The molecule has 21 heavy (non-hydrogen) atoms. The van der Waals surface area contributed by atoms with E-state index in [2.05, 4.69) is 26.2 Å². The van der Waals surface area contributed by atoms with Crippen LogP contribution in [0.25, 0.3) is 0 Å². The second kappa shape index (κ2) is 5.19. The molecule has 0 saturated carbocycles. The molecule has 3 rings (SSSR count). The number of aromatic nitrogens is 4. The zero-order valence-corrected chi connectivity index (χ0v) is 11.0. The smallest absolute Gasteiger partial charge is 0.242 e. The van der Waals surface area contributed by atoms with Gasteiger partial charge in [0.25, 0.3) is 0 Å². The molecule has 1 aliphatic rings. The van der Waals surface area contributed by atoms with E-state index in [0.717, 1.165) is 5.56 Å². The van der Waals surface area contributed by atoms with Gasteiger partial charge in [-0.25, -0.2) is 4.68 Å². The normalized spacial score (nSPS) is 17.0. The van der Waals surface area contributed by atoms with Gasteiger partial charge >= 0.3 is 0 Å². The molecule has 108 valence electrons. The van der Waals surface area contributed by atoms with E-state index in [1.54, 1.807) is 6.07 Å². The molecule has 4 N–H and O–H groups in total. The minimum absolute atomic E-state index is 0.0620. The molecule has 0 unspecified atom stereocenters. The number of fused-ring (bicyclic) bond motifs is 1. The molecule has 0 spiro atoms. The Morgan fingerprint density at radius 2 is 2.29 bits per heavy atom. The Balaban J connectivity index is 1.74. The summed E-state index contributed by atoms with van der Waals surface area (Å²) in [7, 11) is 0. The van der Waals surface area contributed by atoms with Crippen molar-refractivity contribution in [3.05, 3.63) is 29.8 Å². The average Bonchev–Trinajstić information content (AvgIpc) is 2.84. The van der Waals surface area contributed by atoms with Crippen LogP contribution in [-0.2, 0) is 16.1 Å². The van der Waals surface area contributed by atoms with Crippen molar-refractivity contribution in [2.75, 3.05) is 11.1 Å². The van der Waals surface area contributed by atoms with Crippen LogP contribution < -0.4 is 16.4 Å². The minimum atomic E-state index is -0.375. The van der Waals surface area contributed by atoms with Gasteiger partial charge in [-0.1, -0.05) is 23.3 Å². The molecule has 9 heteroatoms. The summed E-state index contributed by atoms with van der Waals surface area (Å²) < 4.78 is 1.18. The largest absolute Gasteiger partial charge is 0.367 e. The number of nitrogens with two attached hydrogens (primary N) is 1. The lowest BCUT2D eigenvalue weighted by molar-refractivity contribution is -0.123. The van der Waals surface area contributed by atoms with Crippen molar-refractivity contribution in [2.24, 2.45) is 0 Å². The maximum atomic E-state index is 12.0. The molecular weight excluding hydrogens is 274 g/mol. The van der Waals surface area contributed by atoms with Crippen molar-refractivity contribution in [3.8, 4) is 0 Å². The van der Waals surface area contributed by atoms with Crippen molar-refractivity contribution < 1.29 is 9.59 Å². The SMILES string of the molecule is Nc1nnnn1CC(=O)N[C@H]1CC(=O)Nc2ccccc21. The van der Waals surface area contributed by atoms with Crippen LogP contribution in [-0.4, -0.2) is 32.0 Å². The average molecular weight is 287 g/mol. The molecule has 0 bridgehead atoms. The summed E-state index contributed by atoms with van der Waals surface area (Å²) >= 11 is 0. The van der Waals surface area contributed by atoms with Crippen molar-refractivity contribution in [1.82, 2.24) is 25.5 Å². The molecule has 0 radical (unpaired) electrons. The number of nitrogens with one attached hydrogen (secondary N) is 2. The number of carbonyl (C=O) groups is 2. The van der Waals surface area contributed by atoms with Crippen LogP contribution in [0.5, 0.6) is 0 Å². The first-order valence-corrected chi connectivity index (χ1v) is 6.33. The van der Waals surface area contributed by atoms with E-state index < -0.39 is 0 Å². The van der Waals surface area contributed by atoms with E-state index in [9.17, 15) is 9.59 Å². The van der Waals surface area contributed by atoms with Gasteiger partial charge in [-0.15, -0.1) is 0 Å². The second-order valence-corrected chi connectivity index (χ2v) is 4.65. The number of tetrazole rings is 1. The van der Waals surface area contributed by atoms with Crippen molar-refractivity contribution in [1.29, 1.82) is 0 Å². The van der Waals surface area contributed by atoms with E-state index in [-0.39, 0.29) is 36.8 Å². The van der Waals surface area contributed by atoms with Gasteiger partial charge in [0.15, 0.2) is 0 Å². The first-order chi connectivity index (χ1) is 10.1. The maximum Gasteiger partial charge on any atom is 0.242 e. The monoisotopic (exact) mass is 287 g/mol. The summed E-state index contributed by atoms with van der Waals surface area (Å²) in [6.07, 6.45) is 0.188. The Morgan fingerprint density at radius 1 is 1.48 bits per heavy atom. The Morgan fingerprint density at radius 3 is 3.05 bits per heavy atom. The van der Waals surface area contributed by atoms with E-state index in [1.807, 2.05) is 18.2 Å². The fourth-order valence-electron chi connectivity index (χ4n) is 2.24. The number of para-hydroxylation sites is 1. The molecule has 0 saturated heterocycles. The summed E-state index contributed by atoms with van der Waals surface area (Å²) in [5.74, 6) is -0.392. The highest BCUT2D eigenvalue weighted by molar-refractivity contribution is 5.95. The highest BCUT2D eigenvalue weighted by Crippen LogP contribution is 2.29. The van der Waals surface area contributed by atoms with E-state index in [0.29, 0.717) is 5.69 Å². The number of benzene rings is 1. The minimum Gasteiger partial charge on any atom is -0.367 e. The van der Waals surface area contributed by atoms with Gasteiger partial charge in [-0.2, -0.15) is 0 Å². The third-order valence-electron chi connectivity index (χ3n) is 3.19. The lowest BCUT2D eigenvalue weighted by Crippen LogP contribution is -2.37. The lowest BCUT2D eigenvalue weighted by Gasteiger charge is -2.26. The highest BCUT2D eigenvalue weighted by atomic mass is 16.2. The molecule has 2 aromatic rings. The topological polar surface area (TPSA) is 128 Å². The number of rotatable bonds is 3. The number of hydrogen-bond donors (Lipinski definition) is 3. The van der Waals surface area contributed by atoms with Crippen LogP contribution in [0, 0.1) is 0 Å². The van der Waals surface area contributed by atoms with Crippen LogP contribution in [0.2, 0.25) is 0 Å². The Labute approximate surface area is 119 Å². The summed E-state index contributed by atoms with van der Waals surface area (Å²) in [5.41, 5.74) is 7.08. The Bertz CT molecular complexity index is 696. The molecule has 1 atom stereocenters. The van der Waals surface area contributed by atoms with Crippen molar-refractivity contribution >= 4 is 23.5 Å². The molecule has 0 aliphatic carbocycles. The Kier molecular flexibility index (Phi) is 3.22. The molecule has 2 heterocycles. The van der Waals surface area contributed by atoms with Crippen molar-refractivity contribution in [2.45, 2.75) is 19.0 Å². The number of nitrogens with zero attached hydrogens (tertiary/aromatic N) is 4. The molecule has 0 fully saturated rings. The second-order valence-electron chi connectivity index (χ2n) is 4.65. The quantitative estimate of drug-likeness (QED) is 0.695. The van der Waals surface area contributed by atoms with E-state index in [1.165, 1.54) is 4.68 Å². The van der Waals surface area contributed by atoms with Crippen molar-refractivity contribution in [3.63, 3.8) is 0 Å². The standard InChI is InChI=1S/C12H13N7O2/c13-12-16-17-18-19(12)6-11(21)15-9-5-10(20)14-8-4-2-1-3-7(8)9/h1-4,9H,5-6H2,(H,14,20)(H,15,21)(H2,13,16,18)/t9-/m0/s1. The highest BCUT2D eigenvalue weighted by Gasteiger charge is 2.26. The predicted octanol–water partition coefficient (Wildman–Crippen LogP) is -0.545. The van der Waals surface area contributed by atoms with Gasteiger partial charge < -0.3 is 16.4 Å². The van der Waals surface area contributed by atoms with E-state index >= 15 is 0 Å². The number of amides is 2. The summed E-state index contributed by atoms with van der Waals surface area (Å²) in [4.78, 5) is 23.7. The Hall–Kier alpha value is -2.97. The third kappa shape index (κ3) is 2.66.